The van der Waals surface area contributed by atoms with E-state index >= 15 is 0 Å². The number of likely N-dealkylation sites (tertiary alicyclic amines) is 1. The van der Waals surface area contributed by atoms with E-state index in [9.17, 15) is 14.7 Å². The summed E-state index contributed by atoms with van der Waals surface area (Å²) >= 11 is 1.72. The highest BCUT2D eigenvalue weighted by molar-refractivity contribution is 7.99. The number of aromatic carboxylic acids is 1. The van der Waals surface area contributed by atoms with Gasteiger partial charge in [-0.25, -0.2) is 4.79 Å². The van der Waals surface area contributed by atoms with Gasteiger partial charge in [0.05, 0.1) is 5.56 Å². The van der Waals surface area contributed by atoms with Crippen molar-refractivity contribution in [2.45, 2.75) is 30.6 Å². The van der Waals surface area contributed by atoms with Gasteiger partial charge in [0.25, 0.3) is 0 Å². The van der Waals surface area contributed by atoms with Crippen molar-refractivity contribution in [3.05, 3.63) is 65.7 Å². The van der Waals surface area contributed by atoms with Crippen LogP contribution in [0.3, 0.4) is 0 Å². The summed E-state index contributed by atoms with van der Waals surface area (Å²) in [5, 5.41) is 9.32. The molecule has 0 radical (unpaired) electrons. The number of carbonyl (C=O) groups excluding carboxylic acids is 1. The van der Waals surface area contributed by atoms with E-state index in [2.05, 4.69) is 12.1 Å². The topological polar surface area (TPSA) is 57.6 Å². The lowest BCUT2D eigenvalue weighted by atomic mass is 9.88. The number of hydrogen-bond donors (Lipinski definition) is 1. The number of piperidine rings is 1. The molecule has 4 nitrogen and oxygen atoms in total. The molecule has 1 heterocycles. The Labute approximate surface area is 164 Å². The van der Waals surface area contributed by atoms with E-state index in [4.69, 9.17) is 0 Å². The van der Waals surface area contributed by atoms with Gasteiger partial charge in [0, 0.05) is 30.2 Å². The van der Waals surface area contributed by atoms with Crippen molar-refractivity contribution >= 4 is 23.6 Å². The molecule has 5 heteroatoms. The molecular weight excluding hydrogens is 358 g/mol. The molecule has 2 aromatic carbocycles. The normalized spacial score (nSPS) is 14.9. The number of carbonyl (C=O) groups is 2. The number of carboxylic acid groups (broad SMARTS) is 1. The van der Waals surface area contributed by atoms with Gasteiger partial charge in [-0.3, -0.25) is 4.79 Å². The van der Waals surface area contributed by atoms with E-state index in [1.807, 2.05) is 35.2 Å². The predicted molar refractivity (Wildman–Crippen MR) is 108 cm³/mol. The van der Waals surface area contributed by atoms with Crippen molar-refractivity contribution in [3.63, 3.8) is 0 Å². The molecule has 0 spiro atoms. The Balaban J connectivity index is 1.43. The minimum absolute atomic E-state index is 0.225. The van der Waals surface area contributed by atoms with E-state index < -0.39 is 5.97 Å². The van der Waals surface area contributed by atoms with Gasteiger partial charge in [-0.05, 0) is 48.9 Å². The number of hydrogen-bond acceptors (Lipinski definition) is 3. The first-order valence-corrected chi connectivity index (χ1v) is 10.4. The largest absolute Gasteiger partial charge is 0.478 e. The maximum absolute atomic E-state index is 12.4. The number of rotatable bonds is 7. The van der Waals surface area contributed by atoms with Crippen LogP contribution in [0.2, 0.25) is 0 Å². The van der Waals surface area contributed by atoms with Crippen LogP contribution in [0.15, 0.2) is 59.5 Å². The summed E-state index contributed by atoms with van der Waals surface area (Å²) < 4.78 is 0. The number of thioether (sulfide) groups is 1. The molecule has 1 amide bonds. The van der Waals surface area contributed by atoms with Crippen LogP contribution in [0.1, 0.15) is 35.2 Å². The Morgan fingerprint density at radius 2 is 1.67 bits per heavy atom. The van der Waals surface area contributed by atoms with Gasteiger partial charge < -0.3 is 10.0 Å². The molecule has 142 valence electrons. The third kappa shape index (κ3) is 5.60. The van der Waals surface area contributed by atoms with Crippen LogP contribution in [-0.2, 0) is 11.2 Å². The molecule has 1 fully saturated rings. The van der Waals surface area contributed by atoms with Gasteiger partial charge >= 0.3 is 5.97 Å². The van der Waals surface area contributed by atoms with Crippen molar-refractivity contribution in [1.29, 1.82) is 0 Å². The lowest BCUT2D eigenvalue weighted by molar-refractivity contribution is -0.132. The molecule has 0 unspecified atom stereocenters. The van der Waals surface area contributed by atoms with Crippen LogP contribution in [0, 0.1) is 5.92 Å². The fourth-order valence-electron chi connectivity index (χ4n) is 3.54. The summed E-state index contributed by atoms with van der Waals surface area (Å²) in [6, 6.07) is 17.4. The third-order valence-electron chi connectivity index (χ3n) is 5.05. The summed E-state index contributed by atoms with van der Waals surface area (Å²) in [7, 11) is 0. The van der Waals surface area contributed by atoms with Crippen molar-refractivity contribution < 1.29 is 14.7 Å². The SMILES string of the molecule is O=C(O)c1ccccc1CC1CCN(C(=O)CCSc2ccccc2)CC1. The highest BCUT2D eigenvalue weighted by atomic mass is 32.2. The van der Waals surface area contributed by atoms with Crippen molar-refractivity contribution in [3.8, 4) is 0 Å². The second kappa shape index (κ2) is 9.60. The summed E-state index contributed by atoms with van der Waals surface area (Å²) in [6.45, 7) is 1.55. The van der Waals surface area contributed by atoms with E-state index in [-0.39, 0.29) is 5.91 Å². The lowest BCUT2D eigenvalue weighted by Crippen LogP contribution is -2.39. The molecule has 2 aromatic rings. The van der Waals surface area contributed by atoms with Crippen LogP contribution in [0.4, 0.5) is 0 Å². The summed E-state index contributed by atoms with van der Waals surface area (Å²) in [5.74, 6) is 0.597. The van der Waals surface area contributed by atoms with E-state index in [1.54, 1.807) is 23.9 Å². The second-order valence-electron chi connectivity index (χ2n) is 6.90. The molecule has 0 bridgehead atoms. The zero-order valence-electron chi connectivity index (χ0n) is 15.3. The Bertz CT molecular complexity index is 770. The molecule has 1 N–H and O–H groups in total. The molecule has 1 aliphatic rings. The number of amides is 1. The van der Waals surface area contributed by atoms with E-state index in [0.29, 0.717) is 17.9 Å². The van der Waals surface area contributed by atoms with Crippen LogP contribution in [-0.4, -0.2) is 40.7 Å². The fourth-order valence-corrected chi connectivity index (χ4v) is 4.40. The maximum Gasteiger partial charge on any atom is 0.335 e. The number of benzene rings is 2. The van der Waals surface area contributed by atoms with Gasteiger partial charge in [0.2, 0.25) is 5.91 Å². The van der Waals surface area contributed by atoms with Gasteiger partial charge in [-0.1, -0.05) is 36.4 Å². The standard InChI is InChI=1S/C22H25NO3S/c24-21(12-15-27-19-7-2-1-3-8-19)23-13-10-17(11-14-23)16-18-6-4-5-9-20(18)22(25)26/h1-9,17H,10-16H2,(H,25,26). The highest BCUT2D eigenvalue weighted by Crippen LogP contribution is 2.24. The molecule has 1 aliphatic heterocycles. The molecule has 0 aromatic heterocycles. The minimum Gasteiger partial charge on any atom is -0.478 e. The third-order valence-corrected chi connectivity index (χ3v) is 6.07. The van der Waals surface area contributed by atoms with Crippen molar-refractivity contribution in [1.82, 2.24) is 4.90 Å². The van der Waals surface area contributed by atoms with E-state index in [0.717, 1.165) is 43.7 Å². The molecule has 1 saturated heterocycles. The second-order valence-corrected chi connectivity index (χ2v) is 8.07. The van der Waals surface area contributed by atoms with Crippen molar-refractivity contribution in [2.75, 3.05) is 18.8 Å². The minimum atomic E-state index is -0.867. The first kappa shape index (κ1) is 19.5. The Morgan fingerprint density at radius 3 is 2.37 bits per heavy atom. The van der Waals surface area contributed by atoms with Gasteiger partial charge in [0.1, 0.15) is 0 Å². The zero-order valence-corrected chi connectivity index (χ0v) is 16.2. The monoisotopic (exact) mass is 383 g/mol. The zero-order chi connectivity index (χ0) is 19.1. The van der Waals surface area contributed by atoms with Gasteiger partial charge in [-0.2, -0.15) is 0 Å². The fraction of sp³-hybridized carbons (Fsp3) is 0.364. The number of nitrogens with zero attached hydrogens (tertiary/aromatic N) is 1. The molecule has 0 saturated carbocycles. The lowest BCUT2D eigenvalue weighted by Gasteiger charge is -2.32. The molecular formula is C22H25NO3S. The van der Waals surface area contributed by atoms with Crippen LogP contribution in [0.25, 0.3) is 0 Å². The summed E-state index contributed by atoms with van der Waals surface area (Å²) in [6.07, 6.45) is 3.21. The van der Waals surface area contributed by atoms with Crippen LogP contribution in [0.5, 0.6) is 0 Å². The van der Waals surface area contributed by atoms with E-state index in [1.165, 1.54) is 4.90 Å². The first-order valence-electron chi connectivity index (χ1n) is 9.40. The molecule has 0 atom stereocenters. The van der Waals surface area contributed by atoms with Gasteiger partial charge in [0.15, 0.2) is 0 Å². The summed E-state index contributed by atoms with van der Waals surface area (Å²) in [4.78, 5) is 26.9. The quantitative estimate of drug-likeness (QED) is 0.722. The molecule has 27 heavy (non-hydrogen) atoms. The smallest absolute Gasteiger partial charge is 0.335 e. The highest BCUT2D eigenvalue weighted by Gasteiger charge is 2.23. The Hall–Kier alpha value is -2.27. The Kier molecular flexibility index (Phi) is 6.93. The van der Waals surface area contributed by atoms with Crippen LogP contribution >= 0.6 is 11.8 Å². The average Bonchev–Trinajstić information content (AvgIpc) is 2.69. The van der Waals surface area contributed by atoms with Gasteiger partial charge in [-0.15, -0.1) is 11.8 Å². The summed E-state index contributed by atoms with van der Waals surface area (Å²) in [5.41, 5.74) is 1.29. The Morgan fingerprint density at radius 1 is 1.00 bits per heavy atom. The van der Waals surface area contributed by atoms with Crippen molar-refractivity contribution in [2.24, 2.45) is 5.92 Å². The molecule has 3 rings (SSSR count). The molecule has 0 aliphatic carbocycles. The maximum atomic E-state index is 12.4. The average molecular weight is 384 g/mol. The first-order chi connectivity index (χ1) is 13.1. The number of carboxylic acids is 1. The van der Waals surface area contributed by atoms with Crippen LogP contribution < -0.4 is 0 Å². The predicted octanol–water partition coefficient (Wildman–Crippen LogP) is 4.35.